The topological polar surface area (TPSA) is 85.2 Å². The van der Waals surface area contributed by atoms with Crippen LogP contribution in [0.1, 0.15) is 27.2 Å². The first kappa shape index (κ1) is 13.7. The molecule has 18 heavy (non-hydrogen) atoms. The highest BCUT2D eigenvalue weighted by Gasteiger charge is 2.57. The molecule has 0 amide bonds. The molecule has 0 spiro atoms. The van der Waals surface area contributed by atoms with Gasteiger partial charge in [-0.25, -0.2) is 0 Å². The van der Waals surface area contributed by atoms with Gasteiger partial charge in [0.2, 0.25) is 0 Å². The van der Waals surface area contributed by atoms with E-state index in [2.05, 4.69) is 0 Å². The summed E-state index contributed by atoms with van der Waals surface area (Å²) in [6, 6.07) is 0. The molecule has 2 rings (SSSR count). The third kappa shape index (κ3) is 2.51. The summed E-state index contributed by atoms with van der Waals surface area (Å²) in [6.45, 7) is 5.08. The van der Waals surface area contributed by atoms with Crippen LogP contribution in [0, 0.1) is 5.92 Å². The monoisotopic (exact) mass is 260 g/mol. The molecule has 6 nitrogen and oxygen atoms in total. The van der Waals surface area contributed by atoms with Crippen molar-refractivity contribution in [2.75, 3.05) is 6.61 Å². The number of hydrogen-bond acceptors (Lipinski definition) is 6. The lowest BCUT2D eigenvalue weighted by Crippen LogP contribution is -2.35. The highest BCUT2D eigenvalue weighted by molar-refractivity contribution is 5.65. The first-order chi connectivity index (χ1) is 8.32. The van der Waals surface area contributed by atoms with Crippen LogP contribution in [0.2, 0.25) is 0 Å². The predicted octanol–water partition coefficient (Wildman–Crippen LogP) is -0.189. The van der Waals surface area contributed by atoms with Crippen molar-refractivity contribution in [2.24, 2.45) is 5.92 Å². The Balaban J connectivity index is 1.99. The van der Waals surface area contributed by atoms with Gasteiger partial charge in [0.15, 0.2) is 5.79 Å². The average molecular weight is 260 g/mol. The van der Waals surface area contributed by atoms with Crippen molar-refractivity contribution in [3.05, 3.63) is 0 Å². The fourth-order valence-electron chi connectivity index (χ4n) is 2.73. The molecule has 0 unspecified atom stereocenters. The summed E-state index contributed by atoms with van der Waals surface area (Å²) in [7, 11) is 0. The van der Waals surface area contributed by atoms with Crippen LogP contribution in [0.4, 0.5) is 0 Å². The first-order valence-electron chi connectivity index (χ1n) is 6.17. The smallest absolute Gasteiger partial charge is 0.302 e. The Hall–Kier alpha value is -0.690. The highest BCUT2D eigenvalue weighted by Crippen LogP contribution is 2.43. The number of esters is 1. The molecule has 0 radical (unpaired) electrons. The van der Waals surface area contributed by atoms with Crippen LogP contribution in [-0.2, 0) is 19.0 Å². The number of hydrogen-bond donors (Lipinski definition) is 2. The number of aliphatic hydroxyl groups excluding tert-OH is 2. The van der Waals surface area contributed by atoms with Gasteiger partial charge in [0.1, 0.15) is 12.2 Å². The van der Waals surface area contributed by atoms with Crippen LogP contribution in [0.15, 0.2) is 0 Å². The molecule has 2 N–H and O–H groups in total. The van der Waals surface area contributed by atoms with E-state index in [0.29, 0.717) is 6.42 Å². The minimum Gasteiger partial charge on any atom is -0.466 e. The number of fused-ring (bicyclic) bond motifs is 1. The van der Waals surface area contributed by atoms with Crippen molar-refractivity contribution in [1.29, 1.82) is 0 Å². The van der Waals surface area contributed by atoms with Gasteiger partial charge < -0.3 is 24.4 Å². The number of aliphatic hydroxyl groups is 2. The van der Waals surface area contributed by atoms with Crippen LogP contribution >= 0.6 is 0 Å². The summed E-state index contributed by atoms with van der Waals surface area (Å²) in [5.74, 6) is -1.40. The van der Waals surface area contributed by atoms with E-state index in [1.54, 1.807) is 13.8 Å². The SMILES string of the molecule is CC(=O)OCC[C@@H]1[C@H](O)[C@H](O)[C@H]2OC(C)(C)O[C@@H]12. The molecule has 104 valence electrons. The van der Waals surface area contributed by atoms with E-state index in [4.69, 9.17) is 14.2 Å². The zero-order valence-electron chi connectivity index (χ0n) is 10.8. The van der Waals surface area contributed by atoms with Crippen molar-refractivity contribution >= 4 is 5.97 Å². The standard InChI is InChI=1S/C12H20O6/c1-6(13)16-5-4-7-8(14)9(15)11-10(7)17-12(2,3)18-11/h7-11,14-15H,4-5H2,1-3H3/t7-,8+,9+,10+,11-/m1/s1. The molecule has 5 atom stereocenters. The van der Waals surface area contributed by atoms with Gasteiger partial charge in [-0.2, -0.15) is 0 Å². The number of rotatable bonds is 3. The van der Waals surface area contributed by atoms with Crippen molar-refractivity contribution in [3.63, 3.8) is 0 Å². The van der Waals surface area contributed by atoms with Crippen LogP contribution < -0.4 is 0 Å². The van der Waals surface area contributed by atoms with Crippen molar-refractivity contribution in [1.82, 2.24) is 0 Å². The number of carbonyl (C=O) groups excluding carboxylic acids is 1. The van der Waals surface area contributed by atoms with Gasteiger partial charge in [-0.1, -0.05) is 0 Å². The molecular formula is C12H20O6. The Labute approximate surface area is 106 Å². The van der Waals surface area contributed by atoms with E-state index in [0.717, 1.165) is 0 Å². The molecule has 1 saturated carbocycles. The summed E-state index contributed by atoms with van der Waals surface area (Å²) >= 11 is 0. The van der Waals surface area contributed by atoms with Crippen LogP contribution in [0.3, 0.4) is 0 Å². The van der Waals surface area contributed by atoms with E-state index in [-0.39, 0.29) is 24.6 Å². The van der Waals surface area contributed by atoms with E-state index in [9.17, 15) is 15.0 Å². The second-order valence-corrected chi connectivity index (χ2v) is 5.34. The van der Waals surface area contributed by atoms with Crippen molar-refractivity contribution in [3.8, 4) is 0 Å². The zero-order chi connectivity index (χ0) is 13.5. The van der Waals surface area contributed by atoms with Gasteiger partial charge in [-0.3, -0.25) is 4.79 Å². The van der Waals surface area contributed by atoms with E-state index < -0.39 is 24.1 Å². The quantitative estimate of drug-likeness (QED) is 0.684. The highest BCUT2D eigenvalue weighted by atomic mass is 16.8. The Bertz CT molecular complexity index is 329. The van der Waals surface area contributed by atoms with E-state index >= 15 is 0 Å². The maximum Gasteiger partial charge on any atom is 0.302 e. The second-order valence-electron chi connectivity index (χ2n) is 5.34. The molecule has 1 heterocycles. The van der Waals surface area contributed by atoms with E-state index in [1.165, 1.54) is 6.92 Å². The lowest BCUT2D eigenvalue weighted by molar-refractivity contribution is -0.182. The van der Waals surface area contributed by atoms with Gasteiger partial charge >= 0.3 is 5.97 Å². The third-order valence-electron chi connectivity index (χ3n) is 3.47. The molecule has 6 heteroatoms. The van der Waals surface area contributed by atoms with Crippen molar-refractivity contribution in [2.45, 2.75) is 57.4 Å². The summed E-state index contributed by atoms with van der Waals surface area (Å²) in [5, 5.41) is 19.9. The third-order valence-corrected chi connectivity index (χ3v) is 3.47. The van der Waals surface area contributed by atoms with Gasteiger partial charge in [0.05, 0.1) is 18.8 Å². The van der Waals surface area contributed by atoms with Gasteiger partial charge in [-0.15, -0.1) is 0 Å². The second kappa shape index (κ2) is 4.77. The molecule has 1 saturated heterocycles. The largest absolute Gasteiger partial charge is 0.466 e. The Kier molecular flexibility index (Phi) is 3.64. The summed E-state index contributed by atoms with van der Waals surface area (Å²) in [5.41, 5.74) is 0. The summed E-state index contributed by atoms with van der Waals surface area (Å²) in [4.78, 5) is 10.7. The lowest BCUT2D eigenvalue weighted by atomic mass is 9.99. The van der Waals surface area contributed by atoms with Gasteiger partial charge in [0.25, 0.3) is 0 Å². The fraction of sp³-hybridized carbons (Fsp3) is 0.917. The molecule has 0 aromatic heterocycles. The van der Waals surface area contributed by atoms with Gasteiger partial charge in [-0.05, 0) is 20.3 Å². The average Bonchev–Trinajstić information content (AvgIpc) is 2.66. The maximum atomic E-state index is 10.7. The molecule has 0 aromatic carbocycles. The molecule has 0 aromatic rings. The first-order valence-corrected chi connectivity index (χ1v) is 6.17. The zero-order valence-corrected chi connectivity index (χ0v) is 10.8. The minimum absolute atomic E-state index is 0.205. The van der Waals surface area contributed by atoms with E-state index in [1.807, 2.05) is 0 Å². The van der Waals surface area contributed by atoms with Crippen LogP contribution in [-0.4, -0.2) is 53.0 Å². The van der Waals surface area contributed by atoms with Gasteiger partial charge in [0, 0.05) is 12.8 Å². The number of carbonyl (C=O) groups is 1. The Morgan fingerprint density at radius 2 is 1.83 bits per heavy atom. The predicted molar refractivity (Wildman–Crippen MR) is 60.6 cm³/mol. The molecule has 1 aliphatic heterocycles. The number of ether oxygens (including phenoxy) is 3. The fourth-order valence-corrected chi connectivity index (χ4v) is 2.73. The lowest BCUT2D eigenvalue weighted by Gasteiger charge is -2.25. The summed E-state index contributed by atoms with van der Waals surface area (Å²) < 4.78 is 16.1. The molecule has 2 aliphatic rings. The molecule has 0 bridgehead atoms. The Morgan fingerprint density at radius 3 is 2.44 bits per heavy atom. The Morgan fingerprint density at radius 1 is 1.22 bits per heavy atom. The minimum atomic E-state index is -0.959. The summed E-state index contributed by atoms with van der Waals surface area (Å²) in [6.07, 6.45) is -2.30. The maximum absolute atomic E-state index is 10.7. The molecule has 1 aliphatic carbocycles. The molecular weight excluding hydrogens is 240 g/mol. The van der Waals surface area contributed by atoms with Crippen LogP contribution in [0.25, 0.3) is 0 Å². The van der Waals surface area contributed by atoms with Crippen molar-refractivity contribution < 1.29 is 29.2 Å². The van der Waals surface area contributed by atoms with Crippen LogP contribution in [0.5, 0.6) is 0 Å². The molecule has 2 fully saturated rings. The normalized spacial score (nSPS) is 41.7.